The number of nitrogens with one attached hydrogen (secondary N) is 2. The van der Waals surface area contributed by atoms with Gasteiger partial charge in [-0.15, -0.1) is 0 Å². The van der Waals surface area contributed by atoms with Crippen molar-refractivity contribution in [1.82, 2.24) is 15.5 Å². The van der Waals surface area contributed by atoms with Gasteiger partial charge in [0.25, 0.3) is 5.91 Å². The zero-order chi connectivity index (χ0) is 18.5. The molecule has 0 radical (unpaired) electrons. The summed E-state index contributed by atoms with van der Waals surface area (Å²) in [6.45, 7) is 0.176. The van der Waals surface area contributed by atoms with Crippen LogP contribution in [0, 0.1) is 0 Å². The predicted molar refractivity (Wildman–Crippen MR) is 95.5 cm³/mol. The first kappa shape index (κ1) is 18.2. The summed E-state index contributed by atoms with van der Waals surface area (Å²) < 4.78 is 5.10. The van der Waals surface area contributed by atoms with Crippen LogP contribution < -0.4 is 15.4 Å². The fourth-order valence-electron chi connectivity index (χ4n) is 3.50. The quantitative estimate of drug-likeness (QED) is 0.760. The van der Waals surface area contributed by atoms with Crippen molar-refractivity contribution in [3.05, 3.63) is 29.8 Å². The van der Waals surface area contributed by atoms with Gasteiger partial charge in [0.2, 0.25) is 5.91 Å². The summed E-state index contributed by atoms with van der Waals surface area (Å²) >= 11 is 0. The Hall–Kier alpha value is -2.57. The lowest BCUT2D eigenvalue weighted by atomic mass is 9.95. The normalized spacial score (nSPS) is 20.8. The number of carbonyl (C=O) groups is 3. The van der Waals surface area contributed by atoms with Gasteiger partial charge in [-0.2, -0.15) is 0 Å². The lowest BCUT2D eigenvalue weighted by Crippen LogP contribution is -2.41. The number of ether oxygens (including phenoxy) is 1. The second-order valence-corrected chi connectivity index (χ2v) is 6.88. The molecule has 0 spiro atoms. The summed E-state index contributed by atoms with van der Waals surface area (Å²) in [5, 5.41) is 5.60. The number of methoxy groups -OCH3 is 1. The predicted octanol–water partition coefficient (Wildman–Crippen LogP) is 1.95. The van der Waals surface area contributed by atoms with Crippen molar-refractivity contribution in [2.24, 2.45) is 0 Å². The minimum Gasteiger partial charge on any atom is -0.497 e. The number of amides is 4. The fourth-order valence-corrected chi connectivity index (χ4v) is 3.50. The molecule has 1 saturated carbocycles. The molecule has 1 saturated heterocycles. The molecule has 3 rings (SSSR count). The summed E-state index contributed by atoms with van der Waals surface area (Å²) in [4.78, 5) is 38.0. The Morgan fingerprint density at radius 2 is 1.88 bits per heavy atom. The average Bonchev–Trinajstić information content (AvgIpc) is 2.90. The highest BCUT2D eigenvalue weighted by Gasteiger charge is 2.39. The summed E-state index contributed by atoms with van der Waals surface area (Å²) in [6.07, 6.45) is 5.42. The largest absolute Gasteiger partial charge is 0.497 e. The van der Waals surface area contributed by atoms with Gasteiger partial charge in [0.1, 0.15) is 11.8 Å². The van der Waals surface area contributed by atoms with Crippen molar-refractivity contribution in [3.8, 4) is 5.75 Å². The van der Waals surface area contributed by atoms with Crippen LogP contribution in [0.15, 0.2) is 24.3 Å². The number of urea groups is 1. The summed E-state index contributed by atoms with van der Waals surface area (Å²) in [7, 11) is 1.58. The van der Waals surface area contributed by atoms with Crippen LogP contribution in [-0.2, 0) is 16.1 Å². The van der Waals surface area contributed by atoms with Crippen LogP contribution in [0.5, 0.6) is 5.75 Å². The van der Waals surface area contributed by atoms with Gasteiger partial charge in [-0.3, -0.25) is 14.5 Å². The molecule has 0 unspecified atom stereocenters. The van der Waals surface area contributed by atoms with Gasteiger partial charge >= 0.3 is 6.03 Å². The SMILES string of the molecule is COc1ccc(CN2C(=O)N[C@@H](CC(=O)NC3CCCCC3)C2=O)cc1. The second kappa shape index (κ2) is 8.21. The number of hydrogen-bond donors (Lipinski definition) is 2. The molecule has 4 amide bonds. The van der Waals surface area contributed by atoms with E-state index in [0.29, 0.717) is 5.75 Å². The van der Waals surface area contributed by atoms with Gasteiger partial charge < -0.3 is 15.4 Å². The highest BCUT2D eigenvalue weighted by atomic mass is 16.5. The van der Waals surface area contributed by atoms with E-state index in [4.69, 9.17) is 4.74 Å². The Morgan fingerprint density at radius 1 is 1.19 bits per heavy atom. The van der Waals surface area contributed by atoms with E-state index >= 15 is 0 Å². The third kappa shape index (κ3) is 4.33. The van der Waals surface area contributed by atoms with Gasteiger partial charge in [0.05, 0.1) is 20.1 Å². The molecular formula is C19H25N3O4. The second-order valence-electron chi connectivity index (χ2n) is 6.88. The van der Waals surface area contributed by atoms with E-state index in [-0.39, 0.29) is 30.8 Å². The molecule has 140 valence electrons. The van der Waals surface area contributed by atoms with Crippen molar-refractivity contribution in [3.63, 3.8) is 0 Å². The summed E-state index contributed by atoms with van der Waals surface area (Å²) in [6, 6.07) is 6.13. The van der Waals surface area contributed by atoms with Gasteiger partial charge in [-0.1, -0.05) is 31.4 Å². The molecule has 1 aliphatic heterocycles. The van der Waals surface area contributed by atoms with Gasteiger partial charge in [0.15, 0.2) is 0 Å². The van der Waals surface area contributed by atoms with E-state index in [9.17, 15) is 14.4 Å². The molecule has 1 heterocycles. The topological polar surface area (TPSA) is 87.7 Å². The van der Waals surface area contributed by atoms with E-state index < -0.39 is 12.1 Å². The molecule has 2 fully saturated rings. The summed E-state index contributed by atoms with van der Waals surface area (Å²) in [5.41, 5.74) is 0.821. The fraction of sp³-hybridized carbons (Fsp3) is 0.526. The summed E-state index contributed by atoms with van der Waals surface area (Å²) in [5.74, 6) is 0.176. The molecule has 1 aromatic rings. The van der Waals surface area contributed by atoms with Crippen molar-refractivity contribution in [2.45, 2.75) is 57.2 Å². The Labute approximate surface area is 153 Å². The molecule has 2 N–H and O–H groups in total. The van der Waals surface area contributed by atoms with Gasteiger partial charge in [-0.25, -0.2) is 4.79 Å². The van der Waals surface area contributed by atoms with E-state index in [1.54, 1.807) is 19.2 Å². The highest BCUT2D eigenvalue weighted by molar-refractivity contribution is 6.05. The van der Waals surface area contributed by atoms with Crippen molar-refractivity contribution < 1.29 is 19.1 Å². The van der Waals surface area contributed by atoms with Crippen LogP contribution in [0.25, 0.3) is 0 Å². The first-order valence-corrected chi connectivity index (χ1v) is 9.11. The van der Waals surface area contributed by atoms with Gasteiger partial charge in [0, 0.05) is 6.04 Å². The standard InChI is InChI=1S/C19H25N3O4/c1-26-15-9-7-13(8-10-15)12-22-18(24)16(21-19(22)25)11-17(23)20-14-5-3-2-4-6-14/h7-10,14,16H,2-6,11-12H2,1H3,(H,20,23)(H,21,25)/t16-/m0/s1. The van der Waals surface area contributed by atoms with Crippen molar-refractivity contribution in [2.75, 3.05) is 7.11 Å². The Morgan fingerprint density at radius 3 is 2.54 bits per heavy atom. The molecular weight excluding hydrogens is 334 g/mol. The van der Waals surface area contributed by atoms with Gasteiger partial charge in [-0.05, 0) is 30.5 Å². The van der Waals surface area contributed by atoms with Crippen LogP contribution >= 0.6 is 0 Å². The number of rotatable bonds is 6. The molecule has 1 aromatic carbocycles. The molecule has 26 heavy (non-hydrogen) atoms. The lowest BCUT2D eigenvalue weighted by Gasteiger charge is -2.23. The molecule has 1 atom stereocenters. The van der Waals surface area contributed by atoms with E-state index in [0.717, 1.165) is 36.1 Å². The maximum atomic E-state index is 12.5. The van der Waals surface area contributed by atoms with E-state index in [2.05, 4.69) is 10.6 Å². The van der Waals surface area contributed by atoms with Crippen LogP contribution in [0.3, 0.4) is 0 Å². The molecule has 2 aliphatic rings. The number of benzene rings is 1. The average molecular weight is 359 g/mol. The Bertz CT molecular complexity index is 668. The smallest absolute Gasteiger partial charge is 0.325 e. The van der Waals surface area contributed by atoms with Crippen LogP contribution in [-0.4, -0.2) is 41.9 Å². The highest BCUT2D eigenvalue weighted by Crippen LogP contribution is 2.19. The zero-order valence-electron chi connectivity index (χ0n) is 15.0. The maximum Gasteiger partial charge on any atom is 0.325 e. The molecule has 7 heteroatoms. The maximum absolute atomic E-state index is 12.5. The minimum atomic E-state index is -0.788. The monoisotopic (exact) mass is 359 g/mol. The van der Waals surface area contributed by atoms with Crippen LogP contribution in [0.4, 0.5) is 4.79 Å². The molecule has 0 bridgehead atoms. The Balaban J connectivity index is 1.54. The molecule has 7 nitrogen and oxygen atoms in total. The number of nitrogens with zero attached hydrogens (tertiary/aromatic N) is 1. The number of carbonyl (C=O) groups excluding carboxylic acids is 3. The third-order valence-electron chi connectivity index (χ3n) is 4.97. The van der Waals surface area contributed by atoms with E-state index in [1.807, 2.05) is 12.1 Å². The van der Waals surface area contributed by atoms with E-state index in [1.165, 1.54) is 6.42 Å². The Kier molecular flexibility index (Phi) is 5.75. The van der Waals surface area contributed by atoms with Crippen molar-refractivity contribution >= 4 is 17.8 Å². The first-order valence-electron chi connectivity index (χ1n) is 9.11. The van der Waals surface area contributed by atoms with Crippen LogP contribution in [0.1, 0.15) is 44.1 Å². The molecule has 0 aromatic heterocycles. The van der Waals surface area contributed by atoms with Crippen LogP contribution in [0.2, 0.25) is 0 Å². The first-order chi connectivity index (χ1) is 12.6. The van der Waals surface area contributed by atoms with Crippen molar-refractivity contribution in [1.29, 1.82) is 0 Å². The minimum absolute atomic E-state index is 0.0137. The third-order valence-corrected chi connectivity index (χ3v) is 4.97. The number of hydrogen-bond acceptors (Lipinski definition) is 4. The zero-order valence-corrected chi connectivity index (χ0v) is 15.0. The number of imide groups is 1. The molecule has 1 aliphatic carbocycles. The lowest BCUT2D eigenvalue weighted by molar-refractivity contribution is -0.131.